The Morgan fingerprint density at radius 1 is 1.23 bits per heavy atom. The zero-order valence-electron chi connectivity index (χ0n) is 15.1. The van der Waals surface area contributed by atoms with Gasteiger partial charge in [0, 0.05) is 52.3 Å². The Kier molecular flexibility index (Phi) is 8.15. The summed E-state index contributed by atoms with van der Waals surface area (Å²) in [6.45, 7) is 2.25. The van der Waals surface area contributed by atoms with Crippen LogP contribution in [0.25, 0.3) is 0 Å². The van der Waals surface area contributed by atoms with Gasteiger partial charge in [-0.05, 0) is 18.2 Å². The van der Waals surface area contributed by atoms with Gasteiger partial charge in [0.15, 0.2) is 0 Å². The van der Waals surface area contributed by atoms with Crippen LogP contribution in [0.5, 0.6) is 5.75 Å². The number of nitrogens with one attached hydrogen (secondary N) is 1. The molecule has 0 bridgehead atoms. The minimum atomic E-state index is -0.208. The van der Waals surface area contributed by atoms with Crippen LogP contribution in [0.2, 0.25) is 5.02 Å². The third kappa shape index (κ3) is 5.86. The number of amides is 2. The maximum atomic E-state index is 12.0. The molecule has 2 rings (SSSR count). The summed E-state index contributed by atoms with van der Waals surface area (Å²) in [6, 6.07) is 4.98. The Morgan fingerprint density at radius 3 is 2.58 bits per heavy atom. The lowest BCUT2D eigenvalue weighted by Crippen LogP contribution is -2.43. The molecule has 1 aliphatic rings. The smallest absolute Gasteiger partial charge is 0.251 e. The molecule has 1 aromatic carbocycles. The van der Waals surface area contributed by atoms with Crippen LogP contribution >= 0.6 is 11.6 Å². The van der Waals surface area contributed by atoms with E-state index in [0.29, 0.717) is 42.6 Å². The van der Waals surface area contributed by atoms with Gasteiger partial charge in [-0.25, -0.2) is 0 Å². The molecular weight excluding hydrogens is 360 g/mol. The molecule has 7 nitrogen and oxygen atoms in total. The summed E-state index contributed by atoms with van der Waals surface area (Å²) >= 11 is 6.26. The van der Waals surface area contributed by atoms with E-state index in [1.54, 1.807) is 30.2 Å². The van der Waals surface area contributed by atoms with Gasteiger partial charge in [0.05, 0.1) is 11.6 Å². The third-order valence-electron chi connectivity index (χ3n) is 4.14. The molecular formula is C18H25ClN2O5. The molecule has 1 aromatic rings. The van der Waals surface area contributed by atoms with Crippen molar-refractivity contribution in [3.8, 4) is 5.75 Å². The number of benzene rings is 1. The van der Waals surface area contributed by atoms with Gasteiger partial charge in [0.2, 0.25) is 5.91 Å². The van der Waals surface area contributed by atoms with Gasteiger partial charge >= 0.3 is 0 Å². The molecule has 144 valence electrons. The number of carbonyl (C=O) groups is 2. The third-order valence-corrected chi connectivity index (χ3v) is 4.44. The van der Waals surface area contributed by atoms with E-state index in [0.717, 1.165) is 12.8 Å². The Hall–Kier alpha value is -1.83. The maximum Gasteiger partial charge on any atom is 0.251 e. The number of nitrogens with zero attached hydrogens (tertiary/aromatic N) is 1. The van der Waals surface area contributed by atoms with Crippen molar-refractivity contribution in [2.75, 3.05) is 47.1 Å². The number of hydrogen-bond acceptors (Lipinski definition) is 5. The Morgan fingerprint density at radius 2 is 1.96 bits per heavy atom. The van der Waals surface area contributed by atoms with Crippen molar-refractivity contribution >= 4 is 23.4 Å². The van der Waals surface area contributed by atoms with E-state index < -0.39 is 0 Å². The molecule has 0 aliphatic carbocycles. The minimum Gasteiger partial charge on any atom is -0.489 e. The minimum absolute atomic E-state index is 0.00665. The largest absolute Gasteiger partial charge is 0.489 e. The van der Waals surface area contributed by atoms with Crippen LogP contribution in [-0.2, 0) is 14.3 Å². The first-order valence-electron chi connectivity index (χ1n) is 8.55. The molecule has 1 heterocycles. The first kappa shape index (κ1) is 20.5. The first-order valence-corrected chi connectivity index (χ1v) is 8.93. The van der Waals surface area contributed by atoms with E-state index in [4.69, 9.17) is 25.8 Å². The van der Waals surface area contributed by atoms with Crippen molar-refractivity contribution in [2.24, 2.45) is 0 Å². The number of rotatable bonds is 8. The van der Waals surface area contributed by atoms with Crippen molar-refractivity contribution in [2.45, 2.75) is 18.9 Å². The molecule has 1 aliphatic heterocycles. The summed E-state index contributed by atoms with van der Waals surface area (Å²) in [5.41, 5.74) is 0.471. The Labute approximate surface area is 158 Å². The molecule has 0 aromatic heterocycles. The summed E-state index contributed by atoms with van der Waals surface area (Å²) in [6.07, 6.45) is 1.44. The highest BCUT2D eigenvalue weighted by atomic mass is 35.5. The Bertz CT molecular complexity index is 618. The molecule has 1 N–H and O–H groups in total. The molecule has 1 saturated heterocycles. The van der Waals surface area contributed by atoms with Gasteiger partial charge in [-0.15, -0.1) is 0 Å². The van der Waals surface area contributed by atoms with Gasteiger partial charge < -0.3 is 24.4 Å². The molecule has 0 spiro atoms. The second kappa shape index (κ2) is 10.4. The van der Waals surface area contributed by atoms with E-state index >= 15 is 0 Å². The van der Waals surface area contributed by atoms with Gasteiger partial charge in [-0.1, -0.05) is 11.6 Å². The normalized spacial score (nSPS) is 15.0. The number of hydrogen-bond donors (Lipinski definition) is 1. The summed E-state index contributed by atoms with van der Waals surface area (Å²) in [7, 11) is 3.09. The second-order valence-electron chi connectivity index (χ2n) is 6.02. The fourth-order valence-corrected chi connectivity index (χ4v) is 2.95. The van der Waals surface area contributed by atoms with E-state index in [9.17, 15) is 9.59 Å². The molecule has 0 atom stereocenters. The standard InChI is InChI=1S/C18H25ClN2O5/c1-24-10-7-20-18(23)13-3-4-16(15(19)11-13)26-14-5-8-21(9-6-14)17(22)12-25-2/h3-4,11,14H,5-10,12H2,1-2H3,(H,20,23). The van der Waals surface area contributed by atoms with E-state index in [-0.39, 0.29) is 24.5 Å². The van der Waals surface area contributed by atoms with Crippen LogP contribution in [0.4, 0.5) is 0 Å². The average molecular weight is 385 g/mol. The van der Waals surface area contributed by atoms with Gasteiger partial charge in [0.1, 0.15) is 18.5 Å². The molecule has 1 fully saturated rings. The SMILES string of the molecule is COCCNC(=O)c1ccc(OC2CCN(C(=O)COC)CC2)c(Cl)c1. The van der Waals surface area contributed by atoms with Crippen LogP contribution in [-0.4, -0.2) is 69.9 Å². The number of piperidine rings is 1. The summed E-state index contributed by atoms with van der Waals surface area (Å²) in [5, 5.41) is 3.13. The van der Waals surface area contributed by atoms with Crippen molar-refractivity contribution in [3.05, 3.63) is 28.8 Å². The number of ether oxygens (including phenoxy) is 3. The van der Waals surface area contributed by atoms with Gasteiger partial charge in [-0.3, -0.25) is 9.59 Å². The fourth-order valence-electron chi connectivity index (χ4n) is 2.72. The highest BCUT2D eigenvalue weighted by molar-refractivity contribution is 6.32. The van der Waals surface area contributed by atoms with Crippen molar-refractivity contribution in [1.29, 1.82) is 0 Å². The van der Waals surface area contributed by atoms with Gasteiger partial charge in [-0.2, -0.15) is 0 Å². The Balaban J connectivity index is 1.87. The number of halogens is 1. The molecule has 0 unspecified atom stereocenters. The lowest BCUT2D eigenvalue weighted by Gasteiger charge is -2.32. The monoisotopic (exact) mass is 384 g/mol. The summed E-state index contributed by atoms with van der Waals surface area (Å²) < 4.78 is 15.7. The predicted molar refractivity (Wildman–Crippen MR) is 97.8 cm³/mol. The maximum absolute atomic E-state index is 12.0. The number of carbonyl (C=O) groups excluding carboxylic acids is 2. The summed E-state index contributed by atoms with van der Waals surface area (Å²) in [5.74, 6) is 0.329. The van der Waals surface area contributed by atoms with Crippen LogP contribution in [0.15, 0.2) is 18.2 Å². The fraction of sp³-hybridized carbons (Fsp3) is 0.556. The van der Waals surface area contributed by atoms with Crippen molar-refractivity contribution in [1.82, 2.24) is 10.2 Å². The molecule has 26 heavy (non-hydrogen) atoms. The predicted octanol–water partition coefficient (Wildman–Crippen LogP) is 1.73. The second-order valence-corrected chi connectivity index (χ2v) is 6.43. The number of methoxy groups -OCH3 is 2. The zero-order chi connectivity index (χ0) is 18.9. The van der Waals surface area contributed by atoms with Gasteiger partial charge in [0.25, 0.3) is 5.91 Å². The van der Waals surface area contributed by atoms with Crippen molar-refractivity contribution in [3.63, 3.8) is 0 Å². The first-order chi connectivity index (χ1) is 12.5. The van der Waals surface area contributed by atoms with Crippen LogP contribution in [0.3, 0.4) is 0 Å². The number of likely N-dealkylation sites (tertiary alicyclic amines) is 1. The van der Waals surface area contributed by atoms with Crippen LogP contribution in [0.1, 0.15) is 23.2 Å². The van der Waals surface area contributed by atoms with E-state index in [2.05, 4.69) is 5.32 Å². The lowest BCUT2D eigenvalue weighted by atomic mass is 10.1. The topological polar surface area (TPSA) is 77.1 Å². The molecule has 0 radical (unpaired) electrons. The highest BCUT2D eigenvalue weighted by Gasteiger charge is 2.24. The van der Waals surface area contributed by atoms with E-state index in [1.807, 2.05) is 0 Å². The lowest BCUT2D eigenvalue weighted by molar-refractivity contribution is -0.136. The molecule has 8 heteroatoms. The highest BCUT2D eigenvalue weighted by Crippen LogP contribution is 2.28. The van der Waals surface area contributed by atoms with Crippen LogP contribution in [0, 0.1) is 0 Å². The quantitative estimate of drug-likeness (QED) is 0.691. The van der Waals surface area contributed by atoms with Crippen molar-refractivity contribution < 1.29 is 23.8 Å². The summed E-state index contributed by atoms with van der Waals surface area (Å²) in [4.78, 5) is 25.6. The molecule has 2 amide bonds. The molecule has 0 saturated carbocycles. The average Bonchev–Trinajstić information content (AvgIpc) is 2.64. The van der Waals surface area contributed by atoms with Crippen LogP contribution < -0.4 is 10.1 Å². The van der Waals surface area contributed by atoms with E-state index in [1.165, 1.54) is 7.11 Å². The zero-order valence-corrected chi connectivity index (χ0v) is 15.9.